The van der Waals surface area contributed by atoms with Crippen molar-refractivity contribution < 1.29 is 46.7 Å². The fraction of sp³-hybridized carbons (Fsp3) is 0.438. The largest absolute Gasteiger partial charge is 0.445 e. The lowest BCUT2D eigenvalue weighted by atomic mass is 10.0. The number of carbonyl (C=O) groups excluding carboxylic acids is 6. The molecule has 1 saturated heterocycles. The summed E-state index contributed by atoms with van der Waals surface area (Å²) in [4.78, 5) is 80.6. The fourth-order valence-corrected chi connectivity index (χ4v) is 9.12. The van der Waals surface area contributed by atoms with Crippen LogP contribution in [0.4, 0.5) is 25.8 Å². The molecule has 378 valence electrons. The molecule has 22 heteroatoms. The van der Waals surface area contributed by atoms with Crippen molar-refractivity contribution in [2.45, 2.75) is 82.9 Å². The predicted octanol–water partition coefficient (Wildman–Crippen LogP) is 3.66. The molecule has 0 bridgehead atoms. The number of anilines is 1. The van der Waals surface area contributed by atoms with Crippen LogP contribution in [-0.2, 0) is 40.5 Å². The van der Waals surface area contributed by atoms with Crippen LogP contribution in [0.5, 0.6) is 0 Å². The molecule has 70 heavy (non-hydrogen) atoms. The highest BCUT2D eigenvalue weighted by Crippen LogP contribution is 2.34. The van der Waals surface area contributed by atoms with E-state index >= 15 is 0 Å². The lowest BCUT2D eigenvalue weighted by Gasteiger charge is -2.38. The molecule has 0 radical (unpaired) electrons. The van der Waals surface area contributed by atoms with Crippen LogP contribution in [0.1, 0.15) is 70.9 Å². The van der Waals surface area contributed by atoms with Gasteiger partial charge in [-0.25, -0.2) is 27.8 Å². The average Bonchev–Trinajstić information content (AvgIpc) is 3.46. The Morgan fingerprint density at radius 1 is 0.900 bits per heavy atom. The molecule has 2 aliphatic heterocycles. The van der Waals surface area contributed by atoms with E-state index in [9.17, 15) is 37.2 Å². The van der Waals surface area contributed by atoms with Crippen LogP contribution in [0.2, 0.25) is 0 Å². The number of alkyl carbamates (subject to hydrolysis) is 2. The second kappa shape index (κ2) is 25.0. The maximum atomic E-state index is 13.8. The van der Waals surface area contributed by atoms with E-state index in [-0.39, 0.29) is 74.7 Å². The monoisotopic (exact) mass is 987 g/mol. The van der Waals surface area contributed by atoms with E-state index in [1.807, 2.05) is 25.1 Å². The molecule has 0 aliphatic carbocycles. The van der Waals surface area contributed by atoms with Gasteiger partial charge in [0.2, 0.25) is 27.7 Å². The first kappa shape index (κ1) is 53.9. The van der Waals surface area contributed by atoms with Crippen LogP contribution >= 0.6 is 0 Å². The van der Waals surface area contributed by atoms with Crippen molar-refractivity contribution in [3.63, 3.8) is 0 Å². The highest BCUT2D eigenvalue weighted by atomic mass is 32.2. The third kappa shape index (κ3) is 16.3. The minimum absolute atomic E-state index is 0.0675. The van der Waals surface area contributed by atoms with Crippen molar-refractivity contribution in [2.75, 3.05) is 57.7 Å². The lowest BCUT2D eigenvalue weighted by molar-refractivity contribution is -0.127. The van der Waals surface area contributed by atoms with Crippen molar-refractivity contribution in [3.05, 3.63) is 83.4 Å². The number of hydrogen-bond donors (Lipinski definition) is 8. The Balaban J connectivity index is 1.10. The van der Waals surface area contributed by atoms with Gasteiger partial charge in [0.25, 0.3) is 0 Å². The summed E-state index contributed by atoms with van der Waals surface area (Å²) in [6.45, 7) is 9.07. The normalized spacial score (nSPS) is 14.2. The summed E-state index contributed by atoms with van der Waals surface area (Å²) in [7, 11) is -3.87. The summed E-state index contributed by atoms with van der Waals surface area (Å²) in [6, 6.07) is 17.0. The molecule has 1 fully saturated rings. The van der Waals surface area contributed by atoms with Crippen molar-refractivity contribution >= 4 is 69.2 Å². The Kier molecular flexibility index (Phi) is 19.3. The standard InChI is InChI=1S/C48H65N11O10S/c1-5-20-58(21-8-19-53-47(65)69-48(2,3)4)44(62)36-22-35-15-14-34(24-40(35)56-41(50)25-36)33-9-6-10-38(23-33)70(66,67)59-28-32(29-59)27-54-46(64)68-30-31-12-16-37(17-13-31)55-43(61)39(57-42(60)26-49)11-7-18-52-45(51)63/h6,9-10,12-17,22-24,32,39H,5,7-8,11,18-21,25-30,49H2,1-4H3,(H2,50,56)(H,53,65)(H,54,64)(H,55,61)(H,57,60)(H3,51,52,63)/t39-/m0/s1. The SMILES string of the molecule is CCCN(CCCNC(=O)OC(C)(C)C)C(=O)C1=Cc2ccc(-c3cccc(S(=O)(=O)N4CC(CNC(=O)OCc5ccc(NC(=O)[C@H](CCCNC(N)=O)NC(=O)CN)cc5)C4)c3)cc2N=C(N)C1. The first-order chi connectivity index (χ1) is 33.2. The zero-order valence-electron chi connectivity index (χ0n) is 40.0. The van der Waals surface area contributed by atoms with Crippen LogP contribution in [-0.4, -0.2) is 123 Å². The minimum atomic E-state index is -3.87. The van der Waals surface area contributed by atoms with E-state index < -0.39 is 51.7 Å². The minimum Gasteiger partial charge on any atom is -0.445 e. The van der Waals surface area contributed by atoms with Crippen LogP contribution in [0.15, 0.2) is 82.2 Å². The van der Waals surface area contributed by atoms with Gasteiger partial charge < -0.3 is 58.2 Å². The Hall–Kier alpha value is -7.04. The molecule has 1 atom stereocenters. The third-order valence-corrected chi connectivity index (χ3v) is 12.8. The van der Waals surface area contributed by atoms with E-state index in [4.69, 9.17) is 26.7 Å². The first-order valence-electron chi connectivity index (χ1n) is 23.1. The number of nitrogens with two attached hydrogens (primary N) is 3. The second-order valence-electron chi connectivity index (χ2n) is 17.9. The molecular weight excluding hydrogens is 923 g/mol. The maximum absolute atomic E-state index is 13.8. The van der Waals surface area contributed by atoms with Gasteiger partial charge in [0.05, 0.1) is 17.1 Å². The zero-order valence-corrected chi connectivity index (χ0v) is 40.9. The van der Waals surface area contributed by atoms with Crippen molar-refractivity contribution in [1.29, 1.82) is 0 Å². The molecule has 11 N–H and O–H groups in total. The Morgan fingerprint density at radius 3 is 2.30 bits per heavy atom. The van der Waals surface area contributed by atoms with Crippen LogP contribution in [0, 0.1) is 5.92 Å². The molecule has 21 nitrogen and oxygen atoms in total. The molecule has 2 aliphatic rings. The van der Waals surface area contributed by atoms with Crippen molar-refractivity contribution in [1.82, 2.24) is 30.5 Å². The summed E-state index contributed by atoms with van der Waals surface area (Å²) >= 11 is 0. The van der Waals surface area contributed by atoms with Gasteiger partial charge in [-0.15, -0.1) is 0 Å². The summed E-state index contributed by atoms with van der Waals surface area (Å²) in [6.07, 6.45) is 2.60. The van der Waals surface area contributed by atoms with Gasteiger partial charge >= 0.3 is 18.2 Å². The third-order valence-electron chi connectivity index (χ3n) is 11.0. The number of ether oxygens (including phenoxy) is 2. The Bertz CT molecular complexity index is 2540. The van der Waals surface area contributed by atoms with Crippen LogP contribution in [0.25, 0.3) is 17.2 Å². The Morgan fingerprint density at radius 2 is 1.61 bits per heavy atom. The van der Waals surface area contributed by atoms with Gasteiger partial charge in [0.15, 0.2) is 0 Å². The average molecular weight is 988 g/mol. The molecule has 0 spiro atoms. The molecular formula is C48H65N11O10S. The van der Waals surface area contributed by atoms with E-state index in [1.165, 1.54) is 10.4 Å². The predicted molar refractivity (Wildman–Crippen MR) is 265 cm³/mol. The number of amidine groups is 1. The van der Waals surface area contributed by atoms with E-state index in [1.54, 1.807) is 74.2 Å². The van der Waals surface area contributed by atoms with Crippen molar-refractivity contribution in [2.24, 2.45) is 28.1 Å². The van der Waals surface area contributed by atoms with E-state index in [0.29, 0.717) is 71.7 Å². The van der Waals surface area contributed by atoms with E-state index in [2.05, 4.69) is 31.6 Å². The van der Waals surface area contributed by atoms with Gasteiger partial charge in [-0.2, -0.15) is 4.31 Å². The highest BCUT2D eigenvalue weighted by molar-refractivity contribution is 7.89. The van der Waals surface area contributed by atoms with Crippen LogP contribution in [0.3, 0.4) is 0 Å². The number of sulfonamides is 1. The smallest absolute Gasteiger partial charge is 0.407 e. The molecule has 0 aromatic heterocycles. The van der Waals surface area contributed by atoms with Gasteiger partial charge in [-0.1, -0.05) is 43.3 Å². The summed E-state index contributed by atoms with van der Waals surface area (Å²) in [5, 5.41) is 13.1. The summed E-state index contributed by atoms with van der Waals surface area (Å²) in [5.41, 5.74) is 20.3. The molecule has 3 aromatic carbocycles. The molecule has 3 aromatic rings. The summed E-state index contributed by atoms with van der Waals surface area (Å²) in [5.74, 6) is -1.05. The van der Waals surface area contributed by atoms with Crippen LogP contribution < -0.4 is 43.8 Å². The number of amides is 7. The lowest BCUT2D eigenvalue weighted by Crippen LogP contribution is -2.53. The van der Waals surface area contributed by atoms with Gasteiger partial charge in [0.1, 0.15) is 24.1 Å². The number of rotatable bonds is 22. The number of primary amides is 1. The number of nitrogens with one attached hydrogen (secondary N) is 5. The fourth-order valence-electron chi connectivity index (χ4n) is 7.48. The maximum Gasteiger partial charge on any atom is 0.407 e. The molecule has 7 amide bonds. The number of carbonyl (C=O) groups is 6. The number of aliphatic imine (C=N–C) groups is 1. The number of urea groups is 1. The molecule has 0 unspecified atom stereocenters. The molecule has 5 rings (SSSR count). The molecule has 2 heterocycles. The summed E-state index contributed by atoms with van der Waals surface area (Å²) < 4.78 is 39.4. The number of fused-ring (bicyclic) bond motifs is 1. The van der Waals surface area contributed by atoms with Crippen molar-refractivity contribution in [3.8, 4) is 11.1 Å². The topological polar surface area (TPSA) is 312 Å². The van der Waals surface area contributed by atoms with Gasteiger partial charge in [-0.3, -0.25) is 14.4 Å². The number of benzene rings is 3. The first-order valence-corrected chi connectivity index (χ1v) is 24.6. The highest BCUT2D eigenvalue weighted by Gasteiger charge is 2.37. The second-order valence-corrected chi connectivity index (χ2v) is 19.9. The van der Waals surface area contributed by atoms with Gasteiger partial charge in [0, 0.05) is 75.0 Å². The quantitative estimate of drug-likeness (QED) is 0.0669. The van der Waals surface area contributed by atoms with Gasteiger partial charge in [-0.05, 0) is 99.6 Å². The molecule has 0 saturated carbocycles. The number of hydrogen-bond acceptors (Lipinski definition) is 13. The number of nitrogens with zero attached hydrogens (tertiary/aromatic N) is 3. The zero-order chi connectivity index (χ0) is 51.0. The van der Waals surface area contributed by atoms with E-state index in [0.717, 1.165) is 6.42 Å². The Labute approximate surface area is 408 Å².